The number of hydrogen-bond donors (Lipinski definition) is 0. The van der Waals surface area contributed by atoms with Crippen molar-refractivity contribution >= 4 is 33.4 Å². The first-order chi connectivity index (χ1) is 17.1. The van der Waals surface area contributed by atoms with E-state index in [2.05, 4.69) is 133 Å². The molecule has 0 bridgehead atoms. The second-order valence-electron chi connectivity index (χ2n) is 10.4. The molecule has 0 aromatic heterocycles. The van der Waals surface area contributed by atoms with Crippen LogP contribution in [0.15, 0.2) is 79.4 Å². The summed E-state index contributed by atoms with van der Waals surface area (Å²) in [4.78, 5) is 2.44. The van der Waals surface area contributed by atoms with Crippen LogP contribution in [-0.4, -0.2) is 0 Å². The molecule has 0 amide bonds. The number of nitrogens with zero attached hydrogens (tertiary/aromatic N) is 1. The lowest BCUT2D eigenvalue weighted by Crippen LogP contribution is -2.13. The summed E-state index contributed by atoms with van der Waals surface area (Å²) >= 11 is 0. The molecule has 0 aliphatic carbocycles. The smallest absolute Gasteiger partial charge is 0.0546 e. The van der Waals surface area contributed by atoms with Gasteiger partial charge < -0.3 is 4.90 Å². The molecule has 4 aromatic rings. The Morgan fingerprint density at radius 2 is 1.47 bits per heavy atom. The molecule has 0 aliphatic heterocycles. The third kappa shape index (κ3) is 4.75. The molecular weight excluding hydrogens is 434 g/mol. The van der Waals surface area contributed by atoms with Crippen molar-refractivity contribution in [3.8, 4) is 0 Å². The van der Waals surface area contributed by atoms with E-state index in [1.54, 1.807) is 0 Å². The van der Waals surface area contributed by atoms with Gasteiger partial charge in [-0.2, -0.15) is 0 Å². The average Bonchev–Trinajstić information content (AvgIpc) is 2.84. The fraction of sp³-hybridized carbons (Fsp3) is 0.257. The van der Waals surface area contributed by atoms with Gasteiger partial charge in [-0.15, -0.1) is 0 Å². The number of benzene rings is 4. The molecule has 0 spiro atoms. The summed E-state index contributed by atoms with van der Waals surface area (Å²) < 4.78 is 0. The Morgan fingerprint density at radius 3 is 2.08 bits per heavy atom. The maximum atomic E-state index is 4.42. The predicted molar refractivity (Wildman–Crippen MR) is 160 cm³/mol. The lowest BCUT2D eigenvalue weighted by molar-refractivity contribution is 0.869. The molecule has 1 nitrogen and oxygen atoms in total. The molecule has 1 heteroatoms. The van der Waals surface area contributed by atoms with Crippen LogP contribution in [0, 0.1) is 34.6 Å². The van der Waals surface area contributed by atoms with E-state index in [4.69, 9.17) is 0 Å². The third-order valence-corrected chi connectivity index (χ3v) is 7.46. The summed E-state index contributed by atoms with van der Waals surface area (Å²) in [6, 6.07) is 22.8. The standard InChI is InChI=1S/C35H39N/c1-10-12-24(5)33-21-35(34-20-29(22(2)3)15-16-32(34)28(33)9)36(30-14-11-13-23(4)17-30)31-18-25(6)27(8)26(7)19-31/h10-22H,5H2,1-4,6-9H3/b12-10-. The number of aryl methyl sites for hydroxylation is 4. The summed E-state index contributed by atoms with van der Waals surface area (Å²) in [6.07, 6.45) is 4.18. The van der Waals surface area contributed by atoms with E-state index >= 15 is 0 Å². The van der Waals surface area contributed by atoms with Crippen LogP contribution in [0.3, 0.4) is 0 Å². The van der Waals surface area contributed by atoms with Crippen molar-refractivity contribution in [2.45, 2.75) is 61.3 Å². The van der Waals surface area contributed by atoms with Gasteiger partial charge in [0.1, 0.15) is 0 Å². The zero-order chi connectivity index (χ0) is 26.1. The first-order valence-electron chi connectivity index (χ1n) is 13.0. The quantitative estimate of drug-likeness (QED) is 0.252. The van der Waals surface area contributed by atoms with Crippen molar-refractivity contribution in [1.29, 1.82) is 0 Å². The minimum Gasteiger partial charge on any atom is -0.310 e. The Bertz CT molecular complexity index is 1460. The Morgan fingerprint density at radius 1 is 0.778 bits per heavy atom. The van der Waals surface area contributed by atoms with Gasteiger partial charge in [0.2, 0.25) is 0 Å². The first kappa shape index (κ1) is 25.5. The van der Waals surface area contributed by atoms with E-state index in [1.807, 2.05) is 6.92 Å². The second kappa shape index (κ2) is 10.2. The first-order valence-corrected chi connectivity index (χ1v) is 13.0. The molecule has 0 atom stereocenters. The average molecular weight is 474 g/mol. The lowest BCUT2D eigenvalue weighted by atomic mass is 9.90. The van der Waals surface area contributed by atoms with Gasteiger partial charge in [-0.25, -0.2) is 0 Å². The summed E-state index contributed by atoms with van der Waals surface area (Å²) in [5, 5.41) is 2.55. The van der Waals surface area contributed by atoms with Crippen molar-refractivity contribution in [2.75, 3.05) is 4.90 Å². The van der Waals surface area contributed by atoms with Crippen molar-refractivity contribution in [3.63, 3.8) is 0 Å². The summed E-state index contributed by atoms with van der Waals surface area (Å²) in [5.74, 6) is 0.455. The van der Waals surface area contributed by atoms with Gasteiger partial charge in [0.25, 0.3) is 0 Å². The highest BCUT2D eigenvalue weighted by atomic mass is 15.1. The van der Waals surface area contributed by atoms with Gasteiger partial charge in [-0.05, 0) is 134 Å². The molecule has 0 aliphatic rings. The molecule has 0 saturated heterocycles. The molecule has 4 aromatic carbocycles. The van der Waals surface area contributed by atoms with Crippen molar-refractivity contribution in [2.24, 2.45) is 0 Å². The second-order valence-corrected chi connectivity index (χ2v) is 10.4. The van der Waals surface area contributed by atoms with Crippen LogP contribution < -0.4 is 4.90 Å². The van der Waals surface area contributed by atoms with Gasteiger partial charge in [-0.3, -0.25) is 0 Å². The lowest BCUT2D eigenvalue weighted by Gasteiger charge is -2.30. The topological polar surface area (TPSA) is 3.24 Å². The molecule has 0 unspecified atom stereocenters. The third-order valence-electron chi connectivity index (χ3n) is 7.46. The number of fused-ring (bicyclic) bond motifs is 1. The van der Waals surface area contributed by atoms with Gasteiger partial charge in [0.15, 0.2) is 0 Å². The highest BCUT2D eigenvalue weighted by Gasteiger charge is 2.20. The highest BCUT2D eigenvalue weighted by Crippen LogP contribution is 2.44. The molecule has 0 radical (unpaired) electrons. The molecule has 0 N–H and O–H groups in total. The molecule has 0 fully saturated rings. The predicted octanol–water partition coefficient (Wildman–Crippen LogP) is 10.6. The Kier molecular flexibility index (Phi) is 7.22. The SMILES string of the molecule is C=C(/C=C\C)c1cc(N(c2cccc(C)c2)c2cc(C)c(C)c(C)c2)c2cc(C(C)C)ccc2c1C. The van der Waals surface area contributed by atoms with Crippen molar-refractivity contribution in [1.82, 2.24) is 0 Å². The number of allylic oxidation sites excluding steroid dienone is 3. The van der Waals surface area contributed by atoms with Gasteiger partial charge in [0, 0.05) is 16.8 Å². The molecule has 4 rings (SSSR count). The van der Waals surface area contributed by atoms with Crippen LogP contribution in [0.1, 0.15) is 65.6 Å². The van der Waals surface area contributed by atoms with Crippen LogP contribution in [0.2, 0.25) is 0 Å². The van der Waals surface area contributed by atoms with Crippen LogP contribution in [0.25, 0.3) is 16.3 Å². The zero-order valence-corrected chi connectivity index (χ0v) is 23.2. The minimum absolute atomic E-state index is 0.455. The van der Waals surface area contributed by atoms with E-state index in [9.17, 15) is 0 Å². The summed E-state index contributed by atoms with van der Waals surface area (Å²) in [7, 11) is 0. The Labute approximate surface area is 217 Å². The Balaban J connectivity index is 2.15. The van der Waals surface area contributed by atoms with Crippen LogP contribution in [0.4, 0.5) is 17.1 Å². The minimum atomic E-state index is 0.455. The van der Waals surface area contributed by atoms with Crippen LogP contribution >= 0.6 is 0 Å². The largest absolute Gasteiger partial charge is 0.310 e. The van der Waals surface area contributed by atoms with Gasteiger partial charge in [-0.1, -0.05) is 56.8 Å². The molecule has 184 valence electrons. The van der Waals surface area contributed by atoms with Gasteiger partial charge in [0.05, 0.1) is 5.69 Å². The molecule has 0 heterocycles. The van der Waals surface area contributed by atoms with Crippen molar-refractivity contribution < 1.29 is 0 Å². The summed E-state index contributed by atoms with van der Waals surface area (Å²) in [5.41, 5.74) is 13.6. The molecular formula is C35H39N. The maximum Gasteiger partial charge on any atom is 0.0546 e. The Hall–Kier alpha value is -3.58. The molecule has 36 heavy (non-hydrogen) atoms. The fourth-order valence-electron chi connectivity index (χ4n) is 5.07. The maximum absolute atomic E-state index is 4.42. The number of hydrogen-bond acceptors (Lipinski definition) is 1. The monoisotopic (exact) mass is 473 g/mol. The molecule has 0 saturated carbocycles. The van der Waals surface area contributed by atoms with E-state index in [-0.39, 0.29) is 0 Å². The zero-order valence-electron chi connectivity index (χ0n) is 23.2. The van der Waals surface area contributed by atoms with Crippen LogP contribution in [-0.2, 0) is 0 Å². The normalized spacial score (nSPS) is 11.6. The van der Waals surface area contributed by atoms with Gasteiger partial charge >= 0.3 is 0 Å². The number of rotatable bonds is 6. The summed E-state index contributed by atoms with van der Waals surface area (Å²) in [6.45, 7) is 22.0. The van der Waals surface area contributed by atoms with Crippen LogP contribution in [0.5, 0.6) is 0 Å². The number of anilines is 3. The van der Waals surface area contributed by atoms with E-state index in [0.717, 1.165) is 5.57 Å². The van der Waals surface area contributed by atoms with Crippen molar-refractivity contribution in [3.05, 3.63) is 118 Å². The van der Waals surface area contributed by atoms with E-state index in [0.29, 0.717) is 5.92 Å². The van der Waals surface area contributed by atoms with E-state index in [1.165, 1.54) is 66.8 Å². The van der Waals surface area contributed by atoms with E-state index < -0.39 is 0 Å². The highest BCUT2D eigenvalue weighted by molar-refractivity contribution is 6.04. The fourth-order valence-corrected chi connectivity index (χ4v) is 5.07.